The summed E-state index contributed by atoms with van der Waals surface area (Å²) in [5, 5.41) is 3.50. The Morgan fingerprint density at radius 2 is 1.83 bits per heavy atom. The number of hydrogen-bond donors (Lipinski definition) is 1. The van der Waals surface area contributed by atoms with Crippen LogP contribution in [0.4, 0.5) is 0 Å². The van der Waals surface area contributed by atoms with E-state index in [1.54, 1.807) is 0 Å². The van der Waals surface area contributed by atoms with Crippen LogP contribution < -0.4 is 5.32 Å². The van der Waals surface area contributed by atoms with Crippen LogP contribution in [0.25, 0.3) is 0 Å². The molecule has 0 spiro atoms. The summed E-state index contributed by atoms with van der Waals surface area (Å²) in [5.41, 5.74) is 0. The van der Waals surface area contributed by atoms with Crippen LogP contribution in [0.2, 0.25) is 0 Å². The molecule has 108 valence electrons. The van der Waals surface area contributed by atoms with Crippen molar-refractivity contribution >= 4 is 0 Å². The zero-order valence-electron chi connectivity index (χ0n) is 12.5. The number of rotatable bonds is 10. The molecule has 0 bridgehead atoms. The molecule has 0 radical (unpaired) electrons. The Labute approximate surface area is 114 Å². The lowest BCUT2D eigenvalue weighted by molar-refractivity contribution is 0.0387. The highest BCUT2D eigenvalue weighted by Gasteiger charge is 2.22. The summed E-state index contributed by atoms with van der Waals surface area (Å²) in [6, 6.07) is 0.681. The summed E-state index contributed by atoms with van der Waals surface area (Å²) in [6.45, 7) is 4.23. The first-order chi connectivity index (χ1) is 8.88. The molecule has 2 heteroatoms. The molecule has 1 rings (SSSR count). The van der Waals surface area contributed by atoms with Gasteiger partial charge in [-0.3, -0.25) is 0 Å². The van der Waals surface area contributed by atoms with Crippen molar-refractivity contribution in [3.63, 3.8) is 0 Å². The van der Waals surface area contributed by atoms with Gasteiger partial charge in [0.1, 0.15) is 0 Å². The standard InChI is InChI=1S/C16H33NO/c1-3-4-5-6-7-8-9-12-16(17-2)15-11-10-13-18-14-15/h15-17H,3-14H2,1-2H3. The fourth-order valence-electron chi connectivity index (χ4n) is 3.02. The lowest BCUT2D eigenvalue weighted by atomic mass is 9.90. The molecular weight excluding hydrogens is 222 g/mol. The SMILES string of the molecule is CCCCCCCCCC(NC)C1CCCOC1. The van der Waals surface area contributed by atoms with Crippen molar-refractivity contribution in [2.24, 2.45) is 5.92 Å². The van der Waals surface area contributed by atoms with Crippen LogP contribution in [0.1, 0.15) is 71.1 Å². The van der Waals surface area contributed by atoms with Gasteiger partial charge in [0.25, 0.3) is 0 Å². The maximum atomic E-state index is 5.60. The first kappa shape index (κ1) is 16.0. The second kappa shape index (κ2) is 10.8. The monoisotopic (exact) mass is 255 g/mol. The third-order valence-electron chi connectivity index (χ3n) is 4.25. The third-order valence-corrected chi connectivity index (χ3v) is 4.25. The minimum atomic E-state index is 0.681. The van der Waals surface area contributed by atoms with Crippen molar-refractivity contribution in [2.45, 2.75) is 77.2 Å². The number of nitrogens with one attached hydrogen (secondary N) is 1. The largest absolute Gasteiger partial charge is 0.381 e. The van der Waals surface area contributed by atoms with Crippen LogP contribution in [-0.2, 0) is 4.74 Å². The average Bonchev–Trinajstić information content (AvgIpc) is 2.43. The van der Waals surface area contributed by atoms with Gasteiger partial charge in [0, 0.05) is 12.6 Å². The summed E-state index contributed by atoms with van der Waals surface area (Å²) in [5.74, 6) is 0.754. The van der Waals surface area contributed by atoms with Crippen LogP contribution >= 0.6 is 0 Å². The van der Waals surface area contributed by atoms with E-state index in [4.69, 9.17) is 4.74 Å². The molecule has 1 aliphatic heterocycles. The molecule has 1 saturated heterocycles. The fourth-order valence-corrected chi connectivity index (χ4v) is 3.02. The zero-order valence-corrected chi connectivity index (χ0v) is 12.5. The van der Waals surface area contributed by atoms with Gasteiger partial charge in [0.15, 0.2) is 0 Å². The summed E-state index contributed by atoms with van der Waals surface area (Å²) < 4.78 is 5.60. The van der Waals surface area contributed by atoms with Crippen molar-refractivity contribution in [2.75, 3.05) is 20.3 Å². The predicted octanol–water partition coefficient (Wildman–Crippen LogP) is 4.14. The van der Waals surface area contributed by atoms with Crippen LogP contribution in [0.3, 0.4) is 0 Å². The Kier molecular flexibility index (Phi) is 9.59. The van der Waals surface area contributed by atoms with E-state index in [1.165, 1.54) is 64.2 Å². The first-order valence-corrected chi connectivity index (χ1v) is 8.13. The Morgan fingerprint density at radius 1 is 1.11 bits per heavy atom. The molecule has 18 heavy (non-hydrogen) atoms. The van der Waals surface area contributed by atoms with Gasteiger partial charge >= 0.3 is 0 Å². The minimum Gasteiger partial charge on any atom is -0.381 e. The molecular formula is C16H33NO. The average molecular weight is 255 g/mol. The van der Waals surface area contributed by atoms with Gasteiger partial charge in [-0.05, 0) is 32.2 Å². The smallest absolute Gasteiger partial charge is 0.0509 e. The third kappa shape index (κ3) is 6.75. The molecule has 0 amide bonds. The lowest BCUT2D eigenvalue weighted by Gasteiger charge is -2.30. The highest BCUT2D eigenvalue weighted by Crippen LogP contribution is 2.21. The van der Waals surface area contributed by atoms with Crippen LogP contribution in [0, 0.1) is 5.92 Å². The van der Waals surface area contributed by atoms with Gasteiger partial charge in [0.2, 0.25) is 0 Å². The molecule has 0 aliphatic carbocycles. The van der Waals surface area contributed by atoms with Gasteiger partial charge in [-0.1, -0.05) is 51.9 Å². The normalized spacial score (nSPS) is 22.0. The molecule has 0 aromatic carbocycles. The van der Waals surface area contributed by atoms with Gasteiger partial charge in [-0.2, -0.15) is 0 Å². The van der Waals surface area contributed by atoms with Crippen LogP contribution in [-0.4, -0.2) is 26.3 Å². The Morgan fingerprint density at radius 3 is 2.44 bits per heavy atom. The highest BCUT2D eigenvalue weighted by molar-refractivity contribution is 4.77. The molecule has 1 aliphatic rings. The van der Waals surface area contributed by atoms with Crippen molar-refractivity contribution in [3.8, 4) is 0 Å². The first-order valence-electron chi connectivity index (χ1n) is 8.13. The van der Waals surface area contributed by atoms with Gasteiger partial charge in [-0.25, -0.2) is 0 Å². The highest BCUT2D eigenvalue weighted by atomic mass is 16.5. The molecule has 0 saturated carbocycles. The maximum Gasteiger partial charge on any atom is 0.0509 e. The van der Waals surface area contributed by atoms with Gasteiger partial charge in [-0.15, -0.1) is 0 Å². The van der Waals surface area contributed by atoms with Crippen LogP contribution in [0.15, 0.2) is 0 Å². The maximum absolute atomic E-state index is 5.60. The summed E-state index contributed by atoms with van der Waals surface area (Å²) in [6.07, 6.45) is 13.8. The van der Waals surface area contributed by atoms with E-state index in [-0.39, 0.29) is 0 Å². The Balaban J connectivity index is 2.00. The molecule has 1 fully saturated rings. The van der Waals surface area contributed by atoms with Crippen molar-refractivity contribution in [1.82, 2.24) is 5.32 Å². The molecule has 2 atom stereocenters. The molecule has 1 N–H and O–H groups in total. The fraction of sp³-hybridized carbons (Fsp3) is 1.00. The quantitative estimate of drug-likeness (QED) is 0.592. The van der Waals surface area contributed by atoms with E-state index in [9.17, 15) is 0 Å². The zero-order chi connectivity index (χ0) is 13.1. The summed E-state index contributed by atoms with van der Waals surface area (Å²) in [4.78, 5) is 0. The van der Waals surface area contributed by atoms with Crippen LogP contribution in [0.5, 0.6) is 0 Å². The number of unbranched alkanes of at least 4 members (excludes halogenated alkanes) is 6. The second-order valence-corrected chi connectivity index (χ2v) is 5.78. The molecule has 1 heterocycles. The van der Waals surface area contributed by atoms with Gasteiger partial charge < -0.3 is 10.1 Å². The summed E-state index contributed by atoms with van der Waals surface area (Å²) >= 11 is 0. The van der Waals surface area contributed by atoms with Crippen molar-refractivity contribution < 1.29 is 4.74 Å². The molecule has 2 nitrogen and oxygen atoms in total. The van der Waals surface area contributed by atoms with E-state index in [1.807, 2.05) is 0 Å². The Hall–Kier alpha value is -0.0800. The second-order valence-electron chi connectivity index (χ2n) is 5.78. The molecule has 0 aromatic rings. The van der Waals surface area contributed by atoms with Crippen molar-refractivity contribution in [3.05, 3.63) is 0 Å². The van der Waals surface area contributed by atoms with E-state index < -0.39 is 0 Å². The van der Waals surface area contributed by atoms with E-state index in [0.717, 1.165) is 19.1 Å². The topological polar surface area (TPSA) is 21.3 Å². The number of ether oxygens (including phenoxy) is 1. The van der Waals surface area contributed by atoms with E-state index in [2.05, 4.69) is 19.3 Å². The lowest BCUT2D eigenvalue weighted by Crippen LogP contribution is -2.38. The van der Waals surface area contributed by atoms with E-state index in [0.29, 0.717) is 6.04 Å². The van der Waals surface area contributed by atoms with E-state index >= 15 is 0 Å². The molecule has 0 aromatic heterocycles. The van der Waals surface area contributed by atoms with Crippen molar-refractivity contribution in [1.29, 1.82) is 0 Å². The predicted molar refractivity (Wildman–Crippen MR) is 79.0 cm³/mol. The Bertz CT molecular complexity index is 178. The minimum absolute atomic E-state index is 0.681. The number of hydrogen-bond acceptors (Lipinski definition) is 2. The molecule has 2 unspecified atom stereocenters. The van der Waals surface area contributed by atoms with Gasteiger partial charge in [0.05, 0.1) is 6.61 Å². The summed E-state index contributed by atoms with van der Waals surface area (Å²) in [7, 11) is 2.11.